The van der Waals surface area contributed by atoms with E-state index < -0.39 is 5.41 Å². The number of aryl methyl sites for hydroxylation is 2. The zero-order chi connectivity index (χ0) is 42.8. The normalized spacial score (nSPS) is 12.3. The molecule has 2 aliphatic carbocycles. The van der Waals surface area contributed by atoms with Gasteiger partial charge in [-0.1, -0.05) is 140 Å². The van der Waals surface area contributed by atoms with Crippen molar-refractivity contribution in [2.45, 2.75) is 52.4 Å². The van der Waals surface area contributed by atoms with E-state index in [0.29, 0.717) is 0 Å². The third kappa shape index (κ3) is 6.59. The quantitative estimate of drug-likeness (QED) is 0.146. The van der Waals surface area contributed by atoms with Crippen molar-refractivity contribution in [3.05, 3.63) is 241 Å². The molecule has 0 radical (unpaired) electrons. The van der Waals surface area contributed by atoms with Gasteiger partial charge in [0.1, 0.15) is 0 Å². The molecule has 9 aromatic rings. The number of para-hydroxylation sites is 1. The molecule has 0 amide bonds. The molecule has 2 aliphatic rings. The molecule has 0 fully saturated rings. The number of hydrogen-bond acceptors (Lipinski definition) is 1. The van der Waals surface area contributed by atoms with Gasteiger partial charge in [0.2, 0.25) is 0 Å². The Labute approximate surface area is 367 Å². The molecule has 0 saturated heterocycles. The van der Waals surface area contributed by atoms with Crippen LogP contribution in [-0.2, 0) is 11.8 Å². The van der Waals surface area contributed by atoms with Crippen molar-refractivity contribution in [1.82, 2.24) is 4.57 Å². The van der Waals surface area contributed by atoms with Crippen molar-refractivity contribution in [3.63, 3.8) is 0 Å². The monoisotopic (exact) mass is 802 g/mol. The molecule has 0 N–H and O–H groups in total. The summed E-state index contributed by atoms with van der Waals surface area (Å²) in [6.07, 6.45) is 7.03. The molecule has 0 atom stereocenters. The number of anilines is 3. The predicted octanol–water partition coefficient (Wildman–Crippen LogP) is 16.6. The Balaban J connectivity index is 0.000000775. The van der Waals surface area contributed by atoms with Crippen molar-refractivity contribution in [2.24, 2.45) is 0 Å². The maximum Gasteiger partial charge on any atom is 0.0726 e. The second kappa shape index (κ2) is 17.1. The smallest absolute Gasteiger partial charge is 0.0726 e. The summed E-state index contributed by atoms with van der Waals surface area (Å²) < 4.78 is 2.44. The van der Waals surface area contributed by atoms with Gasteiger partial charge in [-0.25, -0.2) is 0 Å². The van der Waals surface area contributed by atoms with Crippen LogP contribution in [0.2, 0.25) is 0 Å². The largest absolute Gasteiger partial charge is 0.310 e. The minimum atomic E-state index is -0.396. The number of benzene rings is 8. The zero-order valence-corrected chi connectivity index (χ0v) is 36.4. The van der Waals surface area contributed by atoms with Gasteiger partial charge in [0.05, 0.1) is 16.4 Å². The van der Waals surface area contributed by atoms with Crippen LogP contribution in [0.1, 0.15) is 67.0 Å². The van der Waals surface area contributed by atoms with Crippen LogP contribution < -0.4 is 4.90 Å². The minimum Gasteiger partial charge on any atom is -0.310 e. The highest BCUT2D eigenvalue weighted by Gasteiger charge is 2.51. The molecule has 11 rings (SSSR count). The molecule has 0 saturated carbocycles. The third-order valence-electron chi connectivity index (χ3n) is 12.4. The number of fused-ring (bicyclic) bond motifs is 13. The molecular weight excluding hydrogens is 749 g/mol. The lowest BCUT2D eigenvalue weighted by Gasteiger charge is -2.32. The van der Waals surface area contributed by atoms with Crippen molar-refractivity contribution in [1.29, 1.82) is 0 Å². The first kappa shape index (κ1) is 40.3. The first-order chi connectivity index (χ1) is 30.5. The van der Waals surface area contributed by atoms with E-state index >= 15 is 0 Å². The van der Waals surface area contributed by atoms with E-state index in [0.717, 1.165) is 29.2 Å². The second-order valence-electron chi connectivity index (χ2n) is 16.4. The van der Waals surface area contributed by atoms with Gasteiger partial charge in [-0.15, -0.1) is 13.2 Å². The van der Waals surface area contributed by atoms with Gasteiger partial charge >= 0.3 is 0 Å². The van der Waals surface area contributed by atoms with Gasteiger partial charge in [0.25, 0.3) is 0 Å². The summed E-state index contributed by atoms with van der Waals surface area (Å²) in [5.74, 6) is 0. The Bertz CT molecular complexity index is 3000. The summed E-state index contributed by atoms with van der Waals surface area (Å²) in [7, 11) is 0. The molecule has 0 aliphatic heterocycles. The Morgan fingerprint density at radius 3 is 1.56 bits per heavy atom. The van der Waals surface area contributed by atoms with Crippen LogP contribution in [0.5, 0.6) is 0 Å². The molecule has 1 heterocycles. The average molecular weight is 803 g/mol. The van der Waals surface area contributed by atoms with E-state index in [9.17, 15) is 0 Å². The molecule has 8 aromatic carbocycles. The molecule has 2 nitrogen and oxygen atoms in total. The average Bonchev–Trinajstić information content (AvgIpc) is 3.91. The topological polar surface area (TPSA) is 8.17 Å². The predicted molar refractivity (Wildman–Crippen MR) is 267 cm³/mol. The van der Waals surface area contributed by atoms with Crippen molar-refractivity contribution < 1.29 is 0 Å². The number of aromatic nitrogens is 1. The van der Waals surface area contributed by atoms with Crippen LogP contribution in [0.15, 0.2) is 207 Å². The number of hydrogen-bond donors (Lipinski definition) is 0. The van der Waals surface area contributed by atoms with Gasteiger partial charge in [0.15, 0.2) is 0 Å². The van der Waals surface area contributed by atoms with Gasteiger partial charge in [-0.3, -0.25) is 0 Å². The summed E-state index contributed by atoms with van der Waals surface area (Å²) in [4.78, 5) is 2.42. The highest BCUT2D eigenvalue weighted by Crippen LogP contribution is 2.63. The lowest BCUT2D eigenvalue weighted by Crippen LogP contribution is -2.26. The van der Waals surface area contributed by atoms with Crippen LogP contribution in [-0.4, -0.2) is 4.57 Å². The first-order valence-corrected chi connectivity index (χ1v) is 22.1. The van der Waals surface area contributed by atoms with E-state index in [1.54, 1.807) is 12.2 Å². The highest BCUT2D eigenvalue weighted by atomic mass is 15.1. The molecule has 2 heteroatoms. The summed E-state index contributed by atoms with van der Waals surface area (Å²) in [5.41, 5.74) is 20.0. The number of unbranched alkanes of at least 4 members (excludes halogenated alkanes) is 1. The van der Waals surface area contributed by atoms with E-state index in [1.807, 2.05) is 13.8 Å². The van der Waals surface area contributed by atoms with Crippen LogP contribution >= 0.6 is 0 Å². The first-order valence-electron chi connectivity index (χ1n) is 22.1. The van der Waals surface area contributed by atoms with Crippen LogP contribution in [0, 0.1) is 6.92 Å². The lowest BCUT2D eigenvalue weighted by atomic mass is 9.70. The summed E-state index contributed by atoms with van der Waals surface area (Å²) in [5, 5.41) is 2.65. The maximum atomic E-state index is 3.36. The SMILES string of the molecule is C=CC.C=CC.CCCCc1ccc2c(c1)c1cc(C)ccc1n2-c1ccc(N(c2ccccc2)c2ccc3c(c2)C2(c4ccccc4-c4ccccc42)c2ccccc2-3)cc1. The van der Waals surface area contributed by atoms with Gasteiger partial charge in [0, 0.05) is 33.5 Å². The Morgan fingerprint density at radius 2 is 0.984 bits per heavy atom. The van der Waals surface area contributed by atoms with Crippen molar-refractivity contribution >= 4 is 38.9 Å². The van der Waals surface area contributed by atoms with Gasteiger partial charge in [-0.05, 0) is 156 Å². The van der Waals surface area contributed by atoms with E-state index in [-0.39, 0.29) is 0 Å². The van der Waals surface area contributed by atoms with Crippen LogP contribution in [0.4, 0.5) is 17.1 Å². The van der Waals surface area contributed by atoms with Crippen LogP contribution in [0.25, 0.3) is 49.7 Å². The third-order valence-corrected chi connectivity index (χ3v) is 12.4. The minimum absolute atomic E-state index is 0.396. The fourth-order valence-corrected chi connectivity index (χ4v) is 10.00. The zero-order valence-electron chi connectivity index (χ0n) is 36.4. The summed E-state index contributed by atoms with van der Waals surface area (Å²) >= 11 is 0. The Morgan fingerprint density at radius 1 is 0.500 bits per heavy atom. The molecule has 0 bridgehead atoms. The number of allylic oxidation sites excluding steroid dienone is 2. The molecule has 0 unspecified atom stereocenters. The fraction of sp³-hybridized carbons (Fsp3) is 0.133. The molecule has 304 valence electrons. The van der Waals surface area contributed by atoms with E-state index in [2.05, 4.69) is 218 Å². The number of rotatable bonds is 7. The van der Waals surface area contributed by atoms with Gasteiger partial charge < -0.3 is 9.47 Å². The summed E-state index contributed by atoms with van der Waals surface area (Å²) in [6.45, 7) is 15.0. The Hall–Kier alpha value is -7.16. The van der Waals surface area contributed by atoms with Crippen LogP contribution in [0.3, 0.4) is 0 Å². The highest BCUT2D eigenvalue weighted by molar-refractivity contribution is 6.10. The second-order valence-corrected chi connectivity index (χ2v) is 16.4. The summed E-state index contributed by atoms with van der Waals surface area (Å²) in [6, 6.07) is 68.2. The molecule has 1 aromatic heterocycles. The van der Waals surface area contributed by atoms with Gasteiger partial charge in [-0.2, -0.15) is 0 Å². The van der Waals surface area contributed by atoms with E-state index in [1.165, 1.54) is 90.3 Å². The maximum absolute atomic E-state index is 3.36. The molecule has 62 heavy (non-hydrogen) atoms. The molecular formula is C60H54N2. The molecule has 1 spiro atoms. The van der Waals surface area contributed by atoms with E-state index in [4.69, 9.17) is 0 Å². The Kier molecular flexibility index (Phi) is 11.1. The number of nitrogens with zero attached hydrogens (tertiary/aromatic N) is 2. The lowest BCUT2D eigenvalue weighted by molar-refractivity contribution is 0.793. The van der Waals surface area contributed by atoms with Crippen molar-refractivity contribution in [2.75, 3.05) is 4.90 Å². The fourth-order valence-electron chi connectivity index (χ4n) is 10.00. The standard InChI is InChI=1S/C54H42N2.2C3H6/c1-3-4-14-37-24-32-53-47(34-37)46-33-36(2)23-31-52(46)56(53)40-27-25-39(26-28-40)55(38-15-6-5-7-16-38)41-29-30-45-44-19-10-13-22-50(44)54(51(45)35-41)48-20-11-8-17-42(48)43-18-9-12-21-49(43)54;2*1-3-2/h5-13,15-35H,3-4,14H2,1-2H3;2*3H,1H2,2H3. The van der Waals surface area contributed by atoms with Crippen molar-refractivity contribution in [3.8, 4) is 27.9 Å².